The van der Waals surface area contributed by atoms with Gasteiger partial charge >= 0.3 is 0 Å². The molecule has 0 bridgehead atoms. The predicted octanol–water partition coefficient (Wildman–Crippen LogP) is -0.0154. The lowest BCUT2D eigenvalue weighted by Crippen LogP contribution is -2.58. The Morgan fingerprint density at radius 1 is 0.692 bits per heavy atom. The minimum absolute atomic E-state index is 0.352. The second kappa shape index (κ2) is 6.32. The fraction of sp³-hybridized carbons (Fsp3) is 1.00. The Balaban J connectivity index is 4.34. The van der Waals surface area contributed by atoms with Crippen LogP contribution in [-0.4, -0.2) is 44.5 Å². The summed E-state index contributed by atoms with van der Waals surface area (Å²) in [5, 5.41) is 9.72. The van der Waals surface area contributed by atoms with E-state index in [0.29, 0.717) is 18.5 Å². The zero-order valence-electron chi connectivity index (χ0n) is 9.68. The maximum absolute atomic E-state index is 3.24. The van der Waals surface area contributed by atoms with Gasteiger partial charge in [-0.05, 0) is 41.9 Å². The Morgan fingerprint density at radius 2 is 0.923 bits per heavy atom. The van der Waals surface area contributed by atoms with E-state index in [-0.39, 0.29) is 0 Å². The molecule has 0 spiro atoms. The van der Waals surface area contributed by atoms with Crippen molar-refractivity contribution in [2.24, 2.45) is 0 Å². The zero-order valence-corrected chi connectivity index (χ0v) is 9.68. The molecule has 3 N–H and O–H groups in total. The summed E-state index contributed by atoms with van der Waals surface area (Å²) >= 11 is 0. The van der Waals surface area contributed by atoms with Crippen LogP contribution in [0.1, 0.15) is 20.8 Å². The van der Waals surface area contributed by atoms with Crippen LogP contribution in [0, 0.1) is 0 Å². The summed E-state index contributed by atoms with van der Waals surface area (Å²) in [6.45, 7) is 6.46. The van der Waals surface area contributed by atoms with Crippen LogP contribution in [0.5, 0.6) is 0 Å². The maximum atomic E-state index is 3.24. The molecule has 0 rings (SSSR count). The van der Waals surface area contributed by atoms with Crippen LogP contribution in [0.2, 0.25) is 0 Å². The normalized spacial score (nSPS) is 18.7. The average Bonchev–Trinajstić information content (AvgIpc) is 2.16. The van der Waals surface area contributed by atoms with Crippen molar-refractivity contribution >= 4 is 0 Å². The van der Waals surface area contributed by atoms with Gasteiger partial charge < -0.3 is 16.0 Å². The summed E-state index contributed by atoms with van der Waals surface area (Å²) in [7, 11) is 5.92. The lowest BCUT2D eigenvalue weighted by molar-refractivity contribution is 0.0618. The third-order valence-electron chi connectivity index (χ3n) is 2.59. The van der Waals surface area contributed by atoms with E-state index >= 15 is 0 Å². The zero-order chi connectivity index (χ0) is 10.4. The van der Waals surface area contributed by atoms with Gasteiger partial charge in [-0.15, -0.1) is 0 Å². The molecule has 80 valence electrons. The number of nitrogens with one attached hydrogen (secondary N) is 3. The fourth-order valence-electron chi connectivity index (χ4n) is 1.45. The SMILES string of the molecule is CNC(C)N(C(C)NC)C(C)NC. The molecule has 0 heterocycles. The molecule has 0 amide bonds. The Hall–Kier alpha value is -0.160. The van der Waals surface area contributed by atoms with E-state index in [2.05, 4.69) is 41.6 Å². The lowest BCUT2D eigenvalue weighted by Gasteiger charge is -2.38. The van der Waals surface area contributed by atoms with Crippen molar-refractivity contribution in [2.45, 2.75) is 39.3 Å². The molecule has 13 heavy (non-hydrogen) atoms. The van der Waals surface area contributed by atoms with E-state index in [1.165, 1.54) is 0 Å². The van der Waals surface area contributed by atoms with Crippen molar-refractivity contribution in [1.82, 2.24) is 20.9 Å². The fourth-order valence-corrected chi connectivity index (χ4v) is 1.45. The lowest BCUT2D eigenvalue weighted by atomic mass is 10.3. The highest BCUT2D eigenvalue weighted by molar-refractivity contribution is 4.72. The predicted molar refractivity (Wildman–Crippen MR) is 57.4 cm³/mol. The van der Waals surface area contributed by atoms with E-state index in [9.17, 15) is 0 Å². The Labute approximate surface area is 82.1 Å². The molecule has 0 radical (unpaired) electrons. The van der Waals surface area contributed by atoms with Gasteiger partial charge in [0.15, 0.2) is 0 Å². The minimum Gasteiger partial charge on any atom is -0.305 e. The summed E-state index contributed by atoms with van der Waals surface area (Å²) < 4.78 is 0. The summed E-state index contributed by atoms with van der Waals surface area (Å²) in [4.78, 5) is 2.33. The molecule has 0 aliphatic carbocycles. The van der Waals surface area contributed by atoms with Crippen LogP contribution in [0.15, 0.2) is 0 Å². The number of hydrogen-bond donors (Lipinski definition) is 3. The summed E-state index contributed by atoms with van der Waals surface area (Å²) in [6.07, 6.45) is 1.06. The van der Waals surface area contributed by atoms with Crippen molar-refractivity contribution in [3.63, 3.8) is 0 Å². The van der Waals surface area contributed by atoms with Gasteiger partial charge in [0.05, 0.1) is 18.5 Å². The van der Waals surface area contributed by atoms with Crippen molar-refractivity contribution in [2.75, 3.05) is 21.1 Å². The molecule has 0 aromatic heterocycles. The van der Waals surface area contributed by atoms with Crippen LogP contribution < -0.4 is 16.0 Å². The van der Waals surface area contributed by atoms with E-state index < -0.39 is 0 Å². The third kappa shape index (κ3) is 3.60. The van der Waals surface area contributed by atoms with Crippen LogP contribution in [0.25, 0.3) is 0 Å². The molecule has 4 heteroatoms. The highest BCUT2D eigenvalue weighted by Crippen LogP contribution is 2.04. The summed E-state index contributed by atoms with van der Waals surface area (Å²) in [6, 6.07) is 0. The molecule has 3 atom stereocenters. The maximum Gasteiger partial charge on any atom is 0.0594 e. The highest BCUT2D eigenvalue weighted by atomic mass is 15.4. The summed E-state index contributed by atoms with van der Waals surface area (Å²) in [5.74, 6) is 0. The second-order valence-corrected chi connectivity index (χ2v) is 3.34. The number of nitrogens with zero attached hydrogens (tertiary/aromatic N) is 1. The van der Waals surface area contributed by atoms with Gasteiger partial charge in [-0.1, -0.05) is 0 Å². The number of hydrogen-bond acceptors (Lipinski definition) is 4. The molecule has 0 fully saturated rings. The quantitative estimate of drug-likeness (QED) is 0.513. The van der Waals surface area contributed by atoms with Gasteiger partial charge in [0.25, 0.3) is 0 Å². The smallest absolute Gasteiger partial charge is 0.0594 e. The average molecular weight is 188 g/mol. The van der Waals surface area contributed by atoms with Crippen molar-refractivity contribution in [3.8, 4) is 0 Å². The molecule has 0 aromatic rings. The van der Waals surface area contributed by atoms with E-state index in [4.69, 9.17) is 0 Å². The number of rotatable bonds is 6. The van der Waals surface area contributed by atoms with Gasteiger partial charge in [-0.2, -0.15) is 0 Å². The monoisotopic (exact) mass is 188 g/mol. The highest BCUT2D eigenvalue weighted by Gasteiger charge is 2.21. The van der Waals surface area contributed by atoms with Gasteiger partial charge in [-0.3, -0.25) is 4.90 Å². The molecular formula is C9H24N4. The first-order valence-corrected chi connectivity index (χ1v) is 4.87. The molecular weight excluding hydrogens is 164 g/mol. The van der Waals surface area contributed by atoms with Crippen molar-refractivity contribution in [3.05, 3.63) is 0 Å². The van der Waals surface area contributed by atoms with Crippen LogP contribution in [0.4, 0.5) is 0 Å². The minimum atomic E-state index is 0.352. The molecule has 0 saturated carbocycles. The van der Waals surface area contributed by atoms with Crippen molar-refractivity contribution < 1.29 is 0 Å². The van der Waals surface area contributed by atoms with Crippen molar-refractivity contribution in [1.29, 1.82) is 0 Å². The molecule has 0 saturated heterocycles. The standard InChI is InChI=1S/C9H24N4/c1-7(10-4)13(8(2)11-5)9(3)12-6/h7-12H,1-6H3. The first-order valence-electron chi connectivity index (χ1n) is 4.87. The Morgan fingerprint density at radius 3 is 1.08 bits per heavy atom. The molecule has 0 aliphatic rings. The Kier molecular flexibility index (Phi) is 6.24. The molecule has 0 aromatic carbocycles. The Bertz CT molecular complexity index is 105. The third-order valence-corrected chi connectivity index (χ3v) is 2.59. The first kappa shape index (κ1) is 12.8. The summed E-state index contributed by atoms with van der Waals surface area (Å²) in [5.41, 5.74) is 0. The van der Waals surface area contributed by atoms with E-state index in [0.717, 1.165) is 0 Å². The van der Waals surface area contributed by atoms with E-state index in [1.807, 2.05) is 21.1 Å². The van der Waals surface area contributed by atoms with Crippen LogP contribution in [0.3, 0.4) is 0 Å². The van der Waals surface area contributed by atoms with Gasteiger partial charge in [0, 0.05) is 0 Å². The molecule has 0 aliphatic heterocycles. The van der Waals surface area contributed by atoms with Gasteiger partial charge in [-0.25, -0.2) is 0 Å². The topological polar surface area (TPSA) is 39.3 Å². The van der Waals surface area contributed by atoms with Gasteiger partial charge in [0.2, 0.25) is 0 Å². The largest absolute Gasteiger partial charge is 0.305 e. The molecule has 4 nitrogen and oxygen atoms in total. The first-order chi connectivity index (χ1) is 6.08. The molecule has 3 unspecified atom stereocenters. The second-order valence-electron chi connectivity index (χ2n) is 3.34. The van der Waals surface area contributed by atoms with Gasteiger partial charge in [0.1, 0.15) is 0 Å². The van der Waals surface area contributed by atoms with Crippen LogP contribution >= 0.6 is 0 Å². The van der Waals surface area contributed by atoms with E-state index in [1.54, 1.807) is 0 Å². The van der Waals surface area contributed by atoms with Crippen LogP contribution in [-0.2, 0) is 0 Å².